The van der Waals surface area contributed by atoms with E-state index in [0.717, 1.165) is 25.8 Å². The predicted octanol–water partition coefficient (Wildman–Crippen LogP) is -2.23. The van der Waals surface area contributed by atoms with E-state index in [-0.39, 0.29) is 35.0 Å². The van der Waals surface area contributed by atoms with Gasteiger partial charge in [0.2, 0.25) is 0 Å². The van der Waals surface area contributed by atoms with Crippen molar-refractivity contribution in [3.8, 4) is 0 Å². The van der Waals surface area contributed by atoms with E-state index < -0.39 is 17.9 Å². The van der Waals surface area contributed by atoms with Crippen molar-refractivity contribution >= 4 is 29.5 Å². The molecule has 0 aromatic heterocycles. The van der Waals surface area contributed by atoms with Crippen molar-refractivity contribution in [3.63, 3.8) is 0 Å². The normalized spacial score (nSPS) is 6.77. The second kappa shape index (κ2) is 22.2. The maximum atomic E-state index is 9.00. The summed E-state index contributed by atoms with van der Waals surface area (Å²) in [4.78, 5) is 26.9. The van der Waals surface area contributed by atoms with Gasteiger partial charge in [-0.3, -0.25) is 9.59 Å². The second-order valence-corrected chi connectivity index (χ2v) is 3.77. The summed E-state index contributed by atoms with van der Waals surface area (Å²) in [7, 11) is 0. The van der Waals surface area contributed by atoms with E-state index >= 15 is 0 Å². The van der Waals surface area contributed by atoms with Crippen LogP contribution < -0.4 is 34.7 Å². The summed E-state index contributed by atoms with van der Waals surface area (Å²) in [6.07, 6.45) is 0. The molecule has 0 unspecified atom stereocenters. The average molecular weight is 347 g/mol. The summed E-state index contributed by atoms with van der Waals surface area (Å²) in [5, 5.41) is 24.5. The van der Waals surface area contributed by atoms with Gasteiger partial charge in [0.1, 0.15) is 0 Å². The zero-order chi connectivity index (χ0) is 16.7. The number of aryl methyl sites for hydroxylation is 1. The number of carbonyl (C=O) groups is 3. The first kappa shape index (κ1) is 32.7. The number of benzene rings is 1. The van der Waals surface area contributed by atoms with Crippen LogP contribution in [-0.2, 0) is 14.4 Å². The molecule has 0 saturated carbocycles. The van der Waals surface area contributed by atoms with Crippen LogP contribution in [0.4, 0.5) is 0 Å². The van der Waals surface area contributed by atoms with Crippen LogP contribution in [0.25, 0.3) is 0 Å². The molecule has 4 N–H and O–H groups in total. The van der Waals surface area contributed by atoms with Crippen LogP contribution in [0.1, 0.15) is 26.3 Å². The molecule has 0 amide bonds. The minimum absolute atomic E-state index is 0. The zero-order valence-corrected chi connectivity index (χ0v) is 16.0. The van der Waals surface area contributed by atoms with Crippen molar-refractivity contribution in [3.05, 3.63) is 34.9 Å². The van der Waals surface area contributed by atoms with Crippen LogP contribution in [0, 0.1) is 6.92 Å². The van der Waals surface area contributed by atoms with Crippen molar-refractivity contribution in [2.75, 3.05) is 0 Å². The van der Waals surface area contributed by atoms with Gasteiger partial charge in [0.25, 0.3) is 11.9 Å². The standard InChI is InChI=1S/C7H7Cl.3C2H4O2.Na.H2O/c1-6-3-2-4-7(8)5-6;3*1-2(3)4;;/h2-5H,1H3;3*1H3,(H,3,4);;1H2/q;;;;+1;/p-1. The third kappa shape index (κ3) is 76.5. The van der Waals surface area contributed by atoms with Gasteiger partial charge in [-0.2, -0.15) is 0 Å². The van der Waals surface area contributed by atoms with E-state index in [9.17, 15) is 0 Å². The van der Waals surface area contributed by atoms with Crippen LogP contribution >= 0.6 is 11.6 Å². The molecule has 0 spiro atoms. The summed E-state index contributed by atoms with van der Waals surface area (Å²) in [5.74, 6) is -2.75. The van der Waals surface area contributed by atoms with E-state index in [1.807, 2.05) is 31.2 Å². The van der Waals surface area contributed by atoms with Gasteiger partial charge >= 0.3 is 29.6 Å². The topological polar surface area (TPSA) is 146 Å². The molecule has 0 aliphatic carbocycles. The molecule has 1 rings (SSSR count). The molecule has 9 heteroatoms. The van der Waals surface area contributed by atoms with Crippen LogP contribution in [-0.4, -0.2) is 33.6 Å². The van der Waals surface area contributed by atoms with Gasteiger partial charge in [-0.15, -0.1) is 0 Å². The number of aliphatic carboxylic acids is 3. The third-order valence-corrected chi connectivity index (χ3v) is 1.22. The molecule has 0 bridgehead atoms. The van der Waals surface area contributed by atoms with Crippen LogP contribution in [0.2, 0.25) is 5.02 Å². The molecule has 0 fully saturated rings. The van der Waals surface area contributed by atoms with Crippen molar-refractivity contribution in [1.82, 2.24) is 0 Å². The summed E-state index contributed by atoms with van der Waals surface area (Å²) >= 11 is 5.64. The largest absolute Gasteiger partial charge is 1.00 e. The van der Waals surface area contributed by atoms with E-state index in [1.54, 1.807) is 0 Å². The molecular weight excluding hydrogens is 327 g/mol. The van der Waals surface area contributed by atoms with Crippen molar-refractivity contribution in [2.24, 2.45) is 0 Å². The quantitative estimate of drug-likeness (QED) is 0.508. The van der Waals surface area contributed by atoms with Crippen LogP contribution in [0.3, 0.4) is 0 Å². The number of hydrogen-bond acceptors (Lipinski definition) is 4. The first-order valence-electron chi connectivity index (χ1n) is 5.27. The Bertz CT molecular complexity index is 367. The van der Waals surface area contributed by atoms with Crippen LogP contribution in [0.5, 0.6) is 0 Å². The maximum Gasteiger partial charge on any atom is 1.00 e. The molecule has 0 aliphatic rings. The number of hydrogen-bond donors (Lipinski definition) is 2. The molecule has 1 aromatic carbocycles. The Balaban J connectivity index is -0.0000000607. The molecule has 122 valence electrons. The SMILES string of the molecule is CC(=O)O.CC(=O)O.CC(=O)[O-].Cc1cccc(Cl)c1.O.[Na+]. The summed E-state index contributed by atoms with van der Waals surface area (Å²) in [5.41, 5.74) is 1.21. The number of rotatable bonds is 0. The molecule has 7 nitrogen and oxygen atoms in total. The first-order chi connectivity index (χ1) is 8.98. The summed E-state index contributed by atoms with van der Waals surface area (Å²) < 4.78 is 0. The van der Waals surface area contributed by atoms with Gasteiger partial charge in [-0.25, -0.2) is 0 Å². The summed E-state index contributed by atoms with van der Waals surface area (Å²) in [6.45, 7) is 5.16. The Morgan fingerprint density at radius 2 is 1.32 bits per heavy atom. The van der Waals surface area contributed by atoms with E-state index in [4.69, 9.17) is 41.3 Å². The molecule has 0 saturated heterocycles. The van der Waals surface area contributed by atoms with E-state index in [1.165, 1.54) is 5.56 Å². The fraction of sp³-hybridized carbons (Fsp3) is 0.308. The predicted molar refractivity (Wildman–Crippen MR) is 77.1 cm³/mol. The van der Waals surface area contributed by atoms with Gasteiger partial charge in [-0.05, 0) is 31.5 Å². The van der Waals surface area contributed by atoms with Crippen molar-refractivity contribution < 1.29 is 64.7 Å². The van der Waals surface area contributed by atoms with Gasteiger partial charge in [0.05, 0.1) is 0 Å². The smallest absolute Gasteiger partial charge is 0.550 e. The average Bonchev–Trinajstić information content (AvgIpc) is 2.13. The Hall–Kier alpha value is -1.12. The Morgan fingerprint density at radius 1 is 1.05 bits per heavy atom. The maximum absolute atomic E-state index is 9.00. The van der Waals surface area contributed by atoms with Gasteiger partial charge < -0.3 is 25.6 Å². The second-order valence-electron chi connectivity index (χ2n) is 3.33. The molecule has 0 radical (unpaired) electrons. The fourth-order valence-electron chi connectivity index (χ4n) is 0.606. The van der Waals surface area contributed by atoms with E-state index in [2.05, 4.69) is 0 Å². The summed E-state index contributed by atoms with van der Waals surface area (Å²) in [6, 6.07) is 7.76. The van der Waals surface area contributed by atoms with Gasteiger partial charge in [-0.1, -0.05) is 23.7 Å². The molecule has 1 aromatic rings. The van der Waals surface area contributed by atoms with Gasteiger partial charge in [0, 0.05) is 24.8 Å². The first-order valence-corrected chi connectivity index (χ1v) is 5.65. The number of carboxylic acid groups (broad SMARTS) is 3. The zero-order valence-electron chi connectivity index (χ0n) is 13.2. The van der Waals surface area contributed by atoms with Crippen molar-refractivity contribution in [2.45, 2.75) is 27.7 Å². The van der Waals surface area contributed by atoms with Crippen LogP contribution in [0.15, 0.2) is 24.3 Å². The fourth-order valence-corrected chi connectivity index (χ4v) is 0.850. The number of carbonyl (C=O) groups excluding carboxylic acids is 1. The number of halogens is 1. The minimum Gasteiger partial charge on any atom is -0.550 e. The van der Waals surface area contributed by atoms with Gasteiger partial charge in [0.15, 0.2) is 0 Å². The molecule has 0 aliphatic heterocycles. The molecule has 22 heavy (non-hydrogen) atoms. The monoisotopic (exact) mass is 346 g/mol. The van der Waals surface area contributed by atoms with Crippen molar-refractivity contribution in [1.29, 1.82) is 0 Å². The Morgan fingerprint density at radius 3 is 1.45 bits per heavy atom. The number of carboxylic acids is 3. The third-order valence-electron chi connectivity index (χ3n) is 0.980. The van der Waals surface area contributed by atoms with E-state index in [0.29, 0.717) is 0 Å². The molecule has 0 heterocycles. The molecular formula is C13H20ClNaO7. The minimum atomic E-state index is -1.08. The Labute approximate surface area is 156 Å². The Kier molecular flexibility index (Phi) is 33.0. The molecule has 0 atom stereocenters.